The summed E-state index contributed by atoms with van der Waals surface area (Å²) in [6.07, 6.45) is -5.90. The van der Waals surface area contributed by atoms with E-state index in [1.54, 1.807) is 0 Å². The van der Waals surface area contributed by atoms with Crippen molar-refractivity contribution in [3.05, 3.63) is 22.5 Å². The summed E-state index contributed by atoms with van der Waals surface area (Å²) in [5.74, 6) is -1.83. The summed E-state index contributed by atoms with van der Waals surface area (Å²) < 4.78 is 32.5. The van der Waals surface area contributed by atoms with Crippen LogP contribution in [0.15, 0.2) is 11.0 Å². The van der Waals surface area contributed by atoms with E-state index < -0.39 is 48.5 Å². The Morgan fingerprint density at radius 1 is 1.58 bits per heavy atom. The highest BCUT2D eigenvalue weighted by molar-refractivity contribution is 5.30. The second-order valence-electron chi connectivity index (χ2n) is 3.92. The van der Waals surface area contributed by atoms with Crippen LogP contribution in [0.5, 0.6) is 0 Å². The highest BCUT2D eigenvalue weighted by Crippen LogP contribution is 2.30. The highest BCUT2D eigenvalue weighted by Gasteiger charge is 2.45. The second-order valence-corrected chi connectivity index (χ2v) is 3.92. The van der Waals surface area contributed by atoms with Crippen molar-refractivity contribution in [2.75, 3.05) is 12.1 Å². The van der Waals surface area contributed by atoms with Gasteiger partial charge in [0, 0.05) is 0 Å². The van der Waals surface area contributed by atoms with Crippen molar-refractivity contribution in [1.82, 2.24) is 9.55 Å². The van der Waals surface area contributed by atoms with E-state index in [-0.39, 0.29) is 0 Å². The fraction of sp³-hybridized carbons (Fsp3) is 0.556. The lowest BCUT2D eigenvalue weighted by atomic mass is 10.1. The van der Waals surface area contributed by atoms with E-state index in [1.165, 1.54) is 5.48 Å². The first kappa shape index (κ1) is 13.8. The minimum atomic E-state index is -2.02. The third-order valence-electron chi connectivity index (χ3n) is 2.76. The van der Waals surface area contributed by atoms with Crippen LogP contribution in [0.3, 0.4) is 0 Å². The average molecular weight is 279 g/mol. The van der Waals surface area contributed by atoms with Gasteiger partial charge in [-0.05, 0) is 0 Å². The zero-order chi connectivity index (χ0) is 14.2. The van der Waals surface area contributed by atoms with Gasteiger partial charge in [-0.3, -0.25) is 9.77 Å². The molecule has 8 nitrogen and oxygen atoms in total. The molecule has 0 radical (unpaired) electrons. The van der Waals surface area contributed by atoms with Crippen LogP contribution in [0, 0.1) is 5.82 Å². The Hall–Kier alpha value is -1.62. The number of aromatic nitrogens is 2. The van der Waals surface area contributed by atoms with E-state index in [0.717, 1.165) is 0 Å². The number of nitrogens with zero attached hydrogens (tertiary/aromatic N) is 2. The normalized spacial score (nSPS) is 30.6. The Morgan fingerprint density at radius 2 is 2.26 bits per heavy atom. The van der Waals surface area contributed by atoms with E-state index in [9.17, 15) is 18.7 Å². The molecule has 1 unspecified atom stereocenters. The van der Waals surface area contributed by atoms with Crippen molar-refractivity contribution in [3.63, 3.8) is 0 Å². The number of nitrogens with one attached hydrogen (secondary N) is 1. The summed E-state index contributed by atoms with van der Waals surface area (Å²) >= 11 is 0. The number of ether oxygens (including phenoxy) is 1. The average Bonchev–Trinajstić information content (AvgIpc) is 2.68. The predicted molar refractivity (Wildman–Crippen MR) is 55.8 cm³/mol. The topological polar surface area (TPSA) is 117 Å². The standard InChI is InChI=1S/C9H11F2N3O5/c10-3-1-14(9(17)12-7(3)13-18)8-5(11)6(16)4(2-15)19-8/h1,4-6,8,15-16,18H,2H2,(H,12,13,17)/t4-,5?,6+,8-/m0/s1. The fourth-order valence-electron chi connectivity index (χ4n) is 1.78. The molecule has 10 heteroatoms. The Balaban J connectivity index is 2.38. The van der Waals surface area contributed by atoms with Gasteiger partial charge in [-0.25, -0.2) is 19.1 Å². The third-order valence-corrected chi connectivity index (χ3v) is 2.76. The number of hydrogen-bond donors (Lipinski definition) is 4. The van der Waals surface area contributed by atoms with E-state index >= 15 is 0 Å². The largest absolute Gasteiger partial charge is 0.394 e. The fourth-order valence-corrected chi connectivity index (χ4v) is 1.78. The molecule has 0 spiro atoms. The van der Waals surface area contributed by atoms with Crippen LogP contribution >= 0.6 is 0 Å². The number of halogens is 2. The molecule has 2 heterocycles. The Kier molecular flexibility index (Phi) is 3.75. The zero-order valence-electron chi connectivity index (χ0n) is 9.40. The maximum atomic E-state index is 13.7. The Labute approximate surface area is 104 Å². The molecule has 1 aliphatic rings. The molecule has 106 valence electrons. The summed E-state index contributed by atoms with van der Waals surface area (Å²) in [4.78, 5) is 14.7. The van der Waals surface area contributed by atoms with Crippen LogP contribution in [0.1, 0.15) is 6.23 Å². The molecule has 4 atom stereocenters. The summed E-state index contributed by atoms with van der Waals surface area (Å²) in [5, 5.41) is 26.8. The Morgan fingerprint density at radius 3 is 2.79 bits per heavy atom. The zero-order valence-corrected chi connectivity index (χ0v) is 9.40. The summed E-state index contributed by atoms with van der Waals surface area (Å²) in [6, 6.07) is 0. The first-order chi connectivity index (χ1) is 8.99. The SMILES string of the molecule is O=c1nc(NO)c(F)cn1[C@H]1O[C@@H](CO)[C@@H](O)C1F. The molecule has 0 aliphatic carbocycles. The highest BCUT2D eigenvalue weighted by atomic mass is 19.1. The van der Waals surface area contributed by atoms with Crippen molar-refractivity contribution >= 4 is 5.82 Å². The van der Waals surface area contributed by atoms with Crippen molar-refractivity contribution in [3.8, 4) is 0 Å². The number of aliphatic hydroxyl groups excluding tert-OH is 2. The van der Waals surface area contributed by atoms with Gasteiger partial charge in [-0.2, -0.15) is 4.98 Å². The van der Waals surface area contributed by atoms with Crippen LogP contribution < -0.4 is 11.2 Å². The maximum Gasteiger partial charge on any atom is 0.352 e. The minimum Gasteiger partial charge on any atom is -0.394 e. The number of anilines is 1. The molecule has 2 rings (SSSR count). The molecule has 4 N–H and O–H groups in total. The van der Waals surface area contributed by atoms with Gasteiger partial charge in [0.05, 0.1) is 12.8 Å². The molecular formula is C9H11F2N3O5. The molecule has 19 heavy (non-hydrogen) atoms. The molecule has 0 aromatic carbocycles. The summed E-state index contributed by atoms with van der Waals surface area (Å²) in [5.41, 5.74) is 0.284. The van der Waals surface area contributed by atoms with Gasteiger partial charge in [0.25, 0.3) is 0 Å². The van der Waals surface area contributed by atoms with Gasteiger partial charge >= 0.3 is 5.69 Å². The summed E-state index contributed by atoms with van der Waals surface area (Å²) in [7, 11) is 0. The van der Waals surface area contributed by atoms with Crippen LogP contribution in [-0.4, -0.2) is 50.0 Å². The Bertz CT molecular complexity index is 525. The van der Waals surface area contributed by atoms with Gasteiger partial charge in [-0.1, -0.05) is 0 Å². The van der Waals surface area contributed by atoms with Crippen LogP contribution in [0.4, 0.5) is 14.6 Å². The molecule has 1 saturated heterocycles. The lowest BCUT2D eigenvalue weighted by molar-refractivity contribution is -0.0494. The maximum absolute atomic E-state index is 13.7. The van der Waals surface area contributed by atoms with Gasteiger partial charge in [-0.15, -0.1) is 0 Å². The first-order valence-electron chi connectivity index (χ1n) is 5.26. The van der Waals surface area contributed by atoms with Crippen molar-refractivity contribution in [2.24, 2.45) is 0 Å². The minimum absolute atomic E-state index is 0.500. The lowest BCUT2D eigenvalue weighted by Crippen LogP contribution is -2.34. The van der Waals surface area contributed by atoms with E-state index in [2.05, 4.69) is 4.98 Å². The lowest BCUT2D eigenvalue weighted by Gasteiger charge is -2.16. The molecule has 1 fully saturated rings. The molecular weight excluding hydrogens is 268 g/mol. The summed E-state index contributed by atoms with van der Waals surface area (Å²) in [6.45, 7) is -0.654. The smallest absolute Gasteiger partial charge is 0.352 e. The van der Waals surface area contributed by atoms with Crippen LogP contribution in [0.2, 0.25) is 0 Å². The van der Waals surface area contributed by atoms with Gasteiger partial charge in [0.1, 0.15) is 12.2 Å². The molecule has 0 saturated carbocycles. The first-order valence-corrected chi connectivity index (χ1v) is 5.26. The van der Waals surface area contributed by atoms with E-state index in [1.807, 2.05) is 0 Å². The van der Waals surface area contributed by atoms with E-state index in [0.29, 0.717) is 10.8 Å². The van der Waals surface area contributed by atoms with Crippen LogP contribution in [-0.2, 0) is 4.74 Å². The molecule has 1 aromatic heterocycles. The molecule has 1 aliphatic heterocycles. The monoisotopic (exact) mass is 279 g/mol. The van der Waals surface area contributed by atoms with Gasteiger partial charge in [0.2, 0.25) is 0 Å². The van der Waals surface area contributed by atoms with Gasteiger partial charge < -0.3 is 14.9 Å². The second kappa shape index (κ2) is 5.17. The number of rotatable bonds is 3. The van der Waals surface area contributed by atoms with Gasteiger partial charge in [0.15, 0.2) is 24.0 Å². The molecule has 0 amide bonds. The quantitative estimate of drug-likeness (QED) is 0.512. The van der Waals surface area contributed by atoms with E-state index in [4.69, 9.17) is 15.1 Å². The van der Waals surface area contributed by atoms with Crippen LogP contribution in [0.25, 0.3) is 0 Å². The number of hydrogen-bond acceptors (Lipinski definition) is 7. The van der Waals surface area contributed by atoms with Crippen molar-refractivity contribution in [1.29, 1.82) is 0 Å². The number of alkyl halides is 1. The van der Waals surface area contributed by atoms with Crippen molar-refractivity contribution < 1.29 is 28.9 Å². The predicted octanol–water partition coefficient (Wildman–Crippen LogP) is -1.23. The van der Waals surface area contributed by atoms with Crippen molar-refractivity contribution in [2.45, 2.75) is 24.6 Å². The number of aliphatic hydroxyl groups is 2. The molecule has 0 bridgehead atoms. The molecule has 1 aromatic rings. The third kappa shape index (κ3) is 2.30.